The van der Waals surface area contributed by atoms with E-state index < -0.39 is 5.41 Å². The molecule has 0 saturated heterocycles. The Balaban J connectivity index is 2.05. The Morgan fingerprint density at radius 2 is 1.65 bits per heavy atom. The number of halogens is 1. The van der Waals surface area contributed by atoms with E-state index in [0.717, 1.165) is 5.56 Å². The largest absolute Gasteiger partial charge is 0.486 e. The van der Waals surface area contributed by atoms with E-state index in [2.05, 4.69) is 0 Å². The number of Topliss-reactive ketones (excluding diaryl/α,β-unsaturated/α-hetero) is 1. The molecule has 0 aliphatic heterocycles. The fourth-order valence-electron chi connectivity index (χ4n) is 1.87. The lowest BCUT2D eigenvalue weighted by Gasteiger charge is -2.23. The molecule has 2 nitrogen and oxygen atoms in total. The average molecular weight is 289 g/mol. The van der Waals surface area contributed by atoms with E-state index in [1.807, 2.05) is 56.3 Å². The highest BCUT2D eigenvalue weighted by Crippen LogP contribution is 2.26. The van der Waals surface area contributed by atoms with Crippen LogP contribution < -0.4 is 4.74 Å². The van der Waals surface area contributed by atoms with Crippen LogP contribution >= 0.6 is 11.6 Å². The van der Waals surface area contributed by atoms with Crippen molar-refractivity contribution in [3.63, 3.8) is 0 Å². The zero-order valence-electron chi connectivity index (χ0n) is 11.6. The molecule has 0 aromatic heterocycles. The molecular formula is C17H17ClO2. The molecule has 0 bridgehead atoms. The molecule has 0 saturated carbocycles. The van der Waals surface area contributed by atoms with Crippen molar-refractivity contribution in [3.05, 3.63) is 65.2 Å². The highest BCUT2D eigenvalue weighted by atomic mass is 35.5. The first-order valence-corrected chi connectivity index (χ1v) is 6.85. The summed E-state index contributed by atoms with van der Waals surface area (Å²) in [5.74, 6) is 0.733. The molecule has 2 rings (SSSR count). The van der Waals surface area contributed by atoms with Crippen molar-refractivity contribution in [1.29, 1.82) is 0 Å². The highest BCUT2D eigenvalue weighted by Gasteiger charge is 2.29. The van der Waals surface area contributed by atoms with Crippen molar-refractivity contribution in [2.45, 2.75) is 19.3 Å². The van der Waals surface area contributed by atoms with E-state index in [1.165, 1.54) is 0 Å². The second kappa shape index (κ2) is 6.10. The SMILES string of the molecule is CC(C)(C(=O)COc1ccccc1)c1ccc(Cl)cc1. The first kappa shape index (κ1) is 14.6. The third-order valence-electron chi connectivity index (χ3n) is 3.38. The van der Waals surface area contributed by atoms with Crippen LogP contribution in [-0.4, -0.2) is 12.4 Å². The molecule has 0 N–H and O–H groups in total. The van der Waals surface area contributed by atoms with Gasteiger partial charge in [0.1, 0.15) is 12.4 Å². The Hall–Kier alpha value is -1.80. The van der Waals surface area contributed by atoms with Gasteiger partial charge in [0, 0.05) is 5.02 Å². The smallest absolute Gasteiger partial charge is 0.180 e. The summed E-state index contributed by atoms with van der Waals surface area (Å²) >= 11 is 5.87. The molecule has 3 heteroatoms. The first-order valence-electron chi connectivity index (χ1n) is 6.47. The van der Waals surface area contributed by atoms with Crippen LogP contribution in [0.5, 0.6) is 5.75 Å². The molecule has 104 valence electrons. The van der Waals surface area contributed by atoms with Crippen LogP contribution in [0.2, 0.25) is 5.02 Å². The van der Waals surface area contributed by atoms with Crippen molar-refractivity contribution < 1.29 is 9.53 Å². The molecule has 0 heterocycles. The van der Waals surface area contributed by atoms with Crippen molar-refractivity contribution in [2.75, 3.05) is 6.61 Å². The quantitative estimate of drug-likeness (QED) is 0.821. The van der Waals surface area contributed by atoms with Gasteiger partial charge in [0.15, 0.2) is 5.78 Å². The second-order valence-electron chi connectivity index (χ2n) is 5.16. The zero-order chi connectivity index (χ0) is 14.6. The second-order valence-corrected chi connectivity index (χ2v) is 5.59. The minimum Gasteiger partial charge on any atom is -0.486 e. The summed E-state index contributed by atoms with van der Waals surface area (Å²) in [6.45, 7) is 3.85. The number of ether oxygens (including phenoxy) is 1. The van der Waals surface area contributed by atoms with Crippen molar-refractivity contribution in [1.82, 2.24) is 0 Å². The van der Waals surface area contributed by atoms with Gasteiger partial charge in [-0.25, -0.2) is 0 Å². The molecule has 0 fully saturated rings. The summed E-state index contributed by atoms with van der Waals surface area (Å²) in [6, 6.07) is 16.7. The summed E-state index contributed by atoms with van der Waals surface area (Å²) in [5, 5.41) is 0.664. The van der Waals surface area contributed by atoms with E-state index >= 15 is 0 Å². The Bertz CT molecular complexity index is 574. The first-order chi connectivity index (χ1) is 9.50. The number of hydrogen-bond acceptors (Lipinski definition) is 2. The van der Waals surface area contributed by atoms with Gasteiger partial charge >= 0.3 is 0 Å². The summed E-state index contributed by atoms with van der Waals surface area (Å²) in [4.78, 5) is 12.4. The van der Waals surface area contributed by atoms with Gasteiger partial charge in [0.25, 0.3) is 0 Å². The maximum atomic E-state index is 12.4. The summed E-state index contributed by atoms with van der Waals surface area (Å²) in [7, 11) is 0. The van der Waals surface area contributed by atoms with Gasteiger partial charge < -0.3 is 4.74 Å². The molecule has 0 radical (unpaired) electrons. The summed E-state index contributed by atoms with van der Waals surface area (Å²) in [6.07, 6.45) is 0. The van der Waals surface area contributed by atoms with Gasteiger partial charge in [0.2, 0.25) is 0 Å². The maximum absolute atomic E-state index is 12.4. The number of benzene rings is 2. The third-order valence-corrected chi connectivity index (χ3v) is 3.63. The van der Waals surface area contributed by atoms with E-state index in [0.29, 0.717) is 10.8 Å². The van der Waals surface area contributed by atoms with Gasteiger partial charge in [-0.15, -0.1) is 0 Å². The van der Waals surface area contributed by atoms with E-state index in [-0.39, 0.29) is 12.4 Å². The van der Waals surface area contributed by atoms with Gasteiger partial charge in [0.05, 0.1) is 5.41 Å². The molecule has 0 amide bonds. The van der Waals surface area contributed by atoms with E-state index in [4.69, 9.17) is 16.3 Å². The van der Waals surface area contributed by atoms with Crippen LogP contribution in [0, 0.1) is 0 Å². The summed E-state index contributed by atoms with van der Waals surface area (Å²) < 4.78 is 5.52. The number of para-hydroxylation sites is 1. The lowest BCUT2D eigenvalue weighted by molar-refractivity contribution is -0.125. The molecule has 20 heavy (non-hydrogen) atoms. The Morgan fingerprint density at radius 3 is 2.25 bits per heavy atom. The average Bonchev–Trinajstić information content (AvgIpc) is 2.46. The molecule has 0 aliphatic rings. The third kappa shape index (κ3) is 3.40. The van der Waals surface area contributed by atoms with E-state index in [9.17, 15) is 4.79 Å². The topological polar surface area (TPSA) is 26.3 Å². The molecule has 0 atom stereocenters. The van der Waals surface area contributed by atoms with Crippen molar-refractivity contribution >= 4 is 17.4 Å². The molecule has 0 unspecified atom stereocenters. The van der Waals surface area contributed by atoms with Gasteiger partial charge in [-0.2, -0.15) is 0 Å². The van der Waals surface area contributed by atoms with Crippen LogP contribution in [0.4, 0.5) is 0 Å². The lowest BCUT2D eigenvalue weighted by atomic mass is 9.81. The Morgan fingerprint density at radius 1 is 1.05 bits per heavy atom. The molecule has 0 aliphatic carbocycles. The number of ketones is 1. The van der Waals surface area contributed by atoms with Gasteiger partial charge in [-0.05, 0) is 43.7 Å². The fourth-order valence-corrected chi connectivity index (χ4v) is 2.00. The minimum atomic E-state index is -0.598. The van der Waals surface area contributed by atoms with Crippen LogP contribution in [0.1, 0.15) is 19.4 Å². The van der Waals surface area contributed by atoms with Crippen LogP contribution in [-0.2, 0) is 10.2 Å². The number of rotatable bonds is 5. The molecule has 2 aromatic rings. The van der Waals surface area contributed by atoms with Crippen molar-refractivity contribution in [3.8, 4) is 5.75 Å². The molecule has 0 spiro atoms. The van der Waals surface area contributed by atoms with Crippen LogP contribution in [0.25, 0.3) is 0 Å². The summed E-state index contributed by atoms with van der Waals surface area (Å²) in [5.41, 5.74) is 0.336. The normalized spacial score (nSPS) is 11.2. The predicted molar refractivity (Wildman–Crippen MR) is 81.4 cm³/mol. The zero-order valence-corrected chi connectivity index (χ0v) is 12.4. The monoisotopic (exact) mass is 288 g/mol. The van der Waals surface area contributed by atoms with Crippen LogP contribution in [0.15, 0.2) is 54.6 Å². The maximum Gasteiger partial charge on any atom is 0.180 e. The number of carbonyl (C=O) groups is 1. The molecule has 2 aromatic carbocycles. The minimum absolute atomic E-state index is 0.0312. The Labute approximate surface area is 124 Å². The van der Waals surface area contributed by atoms with Gasteiger partial charge in [-0.1, -0.05) is 41.9 Å². The number of carbonyl (C=O) groups excluding carboxylic acids is 1. The van der Waals surface area contributed by atoms with E-state index in [1.54, 1.807) is 12.1 Å². The standard InChI is InChI=1S/C17H17ClO2/c1-17(2,13-8-10-14(18)11-9-13)16(19)12-20-15-6-4-3-5-7-15/h3-11H,12H2,1-2H3. The Kier molecular flexibility index (Phi) is 4.46. The van der Waals surface area contributed by atoms with Gasteiger partial charge in [-0.3, -0.25) is 4.79 Å². The number of hydrogen-bond donors (Lipinski definition) is 0. The predicted octanol–water partition coefficient (Wildman–Crippen LogP) is 4.27. The van der Waals surface area contributed by atoms with Crippen molar-refractivity contribution in [2.24, 2.45) is 0 Å². The lowest BCUT2D eigenvalue weighted by Crippen LogP contribution is -2.33. The fraction of sp³-hybridized carbons (Fsp3) is 0.235. The molecular weight excluding hydrogens is 272 g/mol. The van der Waals surface area contributed by atoms with Crippen LogP contribution in [0.3, 0.4) is 0 Å². The highest BCUT2D eigenvalue weighted by molar-refractivity contribution is 6.30.